The van der Waals surface area contributed by atoms with E-state index < -0.39 is 107 Å². The molecule has 6 aromatic rings. The Morgan fingerprint density at radius 2 is 0.917 bits per heavy atom. The molecule has 8 rings (SSSR count). The van der Waals surface area contributed by atoms with Crippen LogP contribution in [-0.2, 0) is 71.5 Å². The minimum Gasteiger partial charge on any atom is -0.341 e. The van der Waals surface area contributed by atoms with Crippen molar-refractivity contribution >= 4 is 105 Å². The molecule has 20 nitrogen and oxygen atoms in total. The highest BCUT2D eigenvalue weighted by Crippen LogP contribution is 2.56. The van der Waals surface area contributed by atoms with Crippen LogP contribution in [-0.4, -0.2) is 84.4 Å². The number of rotatable bonds is 11. The molecular weight excluding hydrogens is 1060 g/mol. The molecule has 0 saturated heterocycles. The summed E-state index contributed by atoms with van der Waals surface area (Å²) in [6.07, 6.45) is 8.22. The Labute approximate surface area is 414 Å². The third kappa shape index (κ3) is 9.48. The Morgan fingerprint density at radius 3 is 1.40 bits per heavy atom. The highest BCUT2D eigenvalue weighted by molar-refractivity contribution is 7.87. The zero-order valence-electron chi connectivity index (χ0n) is 37.8. The molecule has 0 amide bonds. The number of hydrogen-bond donors (Lipinski definition) is 6. The molecule has 2 aliphatic heterocycles. The van der Waals surface area contributed by atoms with Crippen LogP contribution < -0.4 is 9.80 Å². The summed E-state index contributed by atoms with van der Waals surface area (Å²) in [6.45, 7) is 7.09. The van der Waals surface area contributed by atoms with Gasteiger partial charge in [-0.3, -0.25) is 27.3 Å². The average molecular weight is 1100 g/mol. The van der Waals surface area contributed by atoms with Gasteiger partial charge in [-0.25, -0.2) is 0 Å². The minimum absolute atomic E-state index is 0.00256. The first kappa shape index (κ1) is 52.4. The molecule has 0 spiro atoms. The van der Waals surface area contributed by atoms with Gasteiger partial charge in [0.1, 0.15) is 9.79 Å². The van der Waals surface area contributed by atoms with Gasteiger partial charge in [-0.2, -0.15) is 50.5 Å². The van der Waals surface area contributed by atoms with Gasteiger partial charge in [0.05, 0.1) is 25.3 Å². The highest BCUT2D eigenvalue weighted by Gasteiger charge is 2.45. The summed E-state index contributed by atoms with van der Waals surface area (Å²) >= 11 is 0. The van der Waals surface area contributed by atoms with Crippen LogP contribution >= 0.6 is 0 Å². The molecule has 1 unspecified atom stereocenters. The van der Waals surface area contributed by atoms with E-state index in [0.29, 0.717) is 16.8 Å². The van der Waals surface area contributed by atoms with Gasteiger partial charge in [0, 0.05) is 56.8 Å². The molecule has 0 saturated carbocycles. The van der Waals surface area contributed by atoms with Gasteiger partial charge < -0.3 is 9.80 Å². The molecule has 0 aliphatic carbocycles. The molecule has 6 N–H and O–H groups in total. The molecule has 0 aromatic heterocycles. The lowest BCUT2D eigenvalue weighted by Crippen LogP contribution is -2.42. The lowest BCUT2D eigenvalue weighted by atomic mass is 9.68. The second-order valence-corrected chi connectivity index (χ2v) is 26.5. The molecule has 0 bridgehead atoms. The van der Waals surface area contributed by atoms with E-state index in [1.165, 1.54) is 41.3 Å². The van der Waals surface area contributed by atoms with Crippen LogP contribution in [0, 0.1) is 5.92 Å². The van der Waals surface area contributed by atoms with Gasteiger partial charge in [0.2, 0.25) is 0 Å². The minimum atomic E-state index is -5.12. The fraction of sp³-hybridized carbons (Fsp3) is 0.174. The largest absolute Gasteiger partial charge is 0.341 e. The van der Waals surface area contributed by atoms with E-state index in [1.54, 1.807) is 49.1 Å². The standard InChI is InChI=1S/C46H42N2O18S6/c1-45(2)27(26-47(28-11-8-13-30(20-28)67(49,50)51)38-24-40(71(61,62)63)36-22-32(69(55,56)57)16-18-34(36)43(38)45)10-6-5-7-15-42-46(3,4)44-35-19-17-33(70(58,59)60)23-37(35)41(72(64,65)66)25-39(44)48(42)29-12-9-14-31(21-29)68(52,53)54/h5-25,27H,26H2,1-4H3,(H,49,50,51)(H,52,53,54)(H,55,56,57)(H,58,59,60)(H,61,62,63)(H,64,65,66)/b7-5+,10-6+,42-15+. The summed E-state index contributed by atoms with van der Waals surface area (Å²) in [6, 6.07) is 18.8. The first-order valence-corrected chi connectivity index (χ1v) is 29.6. The van der Waals surface area contributed by atoms with Crippen molar-refractivity contribution in [2.45, 2.75) is 67.9 Å². The zero-order chi connectivity index (χ0) is 53.1. The molecule has 380 valence electrons. The van der Waals surface area contributed by atoms with Gasteiger partial charge in [-0.05, 0) is 101 Å². The van der Waals surface area contributed by atoms with Crippen LogP contribution in [0.15, 0.2) is 163 Å². The maximum Gasteiger partial charge on any atom is 0.295 e. The Bertz CT molecular complexity index is 4150. The van der Waals surface area contributed by atoms with Crippen molar-refractivity contribution in [2.75, 3.05) is 16.3 Å². The Balaban J connectivity index is 1.30. The van der Waals surface area contributed by atoms with Crippen LogP contribution in [0.5, 0.6) is 0 Å². The smallest absolute Gasteiger partial charge is 0.295 e. The molecule has 2 heterocycles. The molecule has 0 fully saturated rings. The van der Waals surface area contributed by atoms with Gasteiger partial charge in [-0.1, -0.05) is 76.3 Å². The molecule has 2 aliphatic rings. The topological polar surface area (TPSA) is 333 Å². The number of fused-ring (bicyclic) bond motifs is 6. The normalized spacial score (nSPS) is 18.1. The fourth-order valence-electron chi connectivity index (χ4n) is 9.54. The lowest BCUT2D eigenvalue weighted by molar-refractivity contribution is 0.374. The predicted molar refractivity (Wildman–Crippen MR) is 265 cm³/mol. The van der Waals surface area contributed by atoms with Crippen molar-refractivity contribution < 1.29 is 77.8 Å². The third-order valence-corrected chi connectivity index (χ3v) is 18.0. The summed E-state index contributed by atoms with van der Waals surface area (Å²) in [5.41, 5.74) is -0.464. The highest BCUT2D eigenvalue weighted by atomic mass is 32.2. The van der Waals surface area contributed by atoms with Crippen LogP contribution in [0.4, 0.5) is 22.7 Å². The van der Waals surface area contributed by atoms with Crippen LogP contribution in [0.2, 0.25) is 0 Å². The zero-order valence-corrected chi connectivity index (χ0v) is 42.7. The van der Waals surface area contributed by atoms with Crippen LogP contribution in [0.1, 0.15) is 38.8 Å². The number of hydrogen-bond acceptors (Lipinski definition) is 14. The van der Waals surface area contributed by atoms with Gasteiger partial charge >= 0.3 is 0 Å². The predicted octanol–water partition coefficient (Wildman–Crippen LogP) is 7.64. The van der Waals surface area contributed by atoms with E-state index in [0.717, 1.165) is 60.7 Å². The van der Waals surface area contributed by atoms with Gasteiger partial charge in [-0.15, -0.1) is 0 Å². The molecule has 6 aromatic carbocycles. The first-order valence-electron chi connectivity index (χ1n) is 20.9. The second kappa shape index (κ2) is 17.4. The van der Waals surface area contributed by atoms with E-state index in [4.69, 9.17) is 0 Å². The number of anilines is 4. The van der Waals surface area contributed by atoms with E-state index >= 15 is 0 Å². The van der Waals surface area contributed by atoms with Crippen molar-refractivity contribution in [1.82, 2.24) is 0 Å². The number of benzene rings is 6. The Hall–Kier alpha value is -5.88. The summed E-state index contributed by atoms with van der Waals surface area (Å²) in [5.74, 6) is -0.581. The molecule has 1 atom stereocenters. The average Bonchev–Trinajstić information content (AvgIpc) is 3.49. The number of nitrogens with zero attached hydrogens (tertiary/aromatic N) is 2. The summed E-state index contributed by atoms with van der Waals surface area (Å²) in [5, 5.41) is -0.240. The van der Waals surface area contributed by atoms with Crippen molar-refractivity contribution in [3.05, 3.63) is 144 Å². The maximum atomic E-state index is 13.0. The second-order valence-electron chi connectivity index (χ2n) is 18.0. The van der Waals surface area contributed by atoms with Crippen molar-refractivity contribution in [1.29, 1.82) is 0 Å². The quantitative estimate of drug-likeness (QED) is 0.0536. The summed E-state index contributed by atoms with van der Waals surface area (Å²) in [4.78, 5) is -0.774. The van der Waals surface area contributed by atoms with Crippen LogP contribution in [0.3, 0.4) is 0 Å². The van der Waals surface area contributed by atoms with Gasteiger partial charge in [0.25, 0.3) is 60.7 Å². The van der Waals surface area contributed by atoms with E-state index in [2.05, 4.69) is 0 Å². The molecule has 0 radical (unpaired) electrons. The molecule has 26 heteroatoms. The van der Waals surface area contributed by atoms with Crippen molar-refractivity contribution in [2.24, 2.45) is 5.92 Å². The van der Waals surface area contributed by atoms with Gasteiger partial charge in [0.15, 0.2) is 0 Å². The lowest BCUT2D eigenvalue weighted by Gasteiger charge is -2.46. The monoisotopic (exact) mass is 1100 g/mol. The van der Waals surface area contributed by atoms with E-state index in [-0.39, 0.29) is 50.8 Å². The molecule has 72 heavy (non-hydrogen) atoms. The number of allylic oxidation sites excluding steroid dienone is 5. The summed E-state index contributed by atoms with van der Waals surface area (Å²) < 4.78 is 211. The fourth-order valence-corrected chi connectivity index (χ4v) is 13.0. The summed E-state index contributed by atoms with van der Waals surface area (Å²) in [7, 11) is -29.5. The maximum absolute atomic E-state index is 13.0. The first-order chi connectivity index (χ1) is 33.0. The third-order valence-electron chi connectivity index (χ3n) is 12.9. The van der Waals surface area contributed by atoms with Crippen molar-refractivity contribution in [3.8, 4) is 0 Å². The molecular formula is C46H42N2O18S6. The van der Waals surface area contributed by atoms with E-state index in [1.807, 2.05) is 13.8 Å². The van der Waals surface area contributed by atoms with E-state index in [9.17, 15) is 77.8 Å². The van der Waals surface area contributed by atoms with Crippen LogP contribution in [0.25, 0.3) is 21.5 Å². The van der Waals surface area contributed by atoms with Crippen molar-refractivity contribution in [3.63, 3.8) is 0 Å². The Kier molecular flexibility index (Phi) is 12.7. The SMILES string of the molecule is CC1(C)\C(=C/C=C/C=C/C2CN(c3cccc(S(=O)(=O)O)c3)c3cc(S(=O)(=O)O)c4cc(S(=O)(=O)O)ccc4c3C2(C)C)N(c2cccc(S(=O)(=O)O)c2)c2cc(S(=O)(=O)O)c3cc(S(=O)(=O)O)ccc3c21. The Morgan fingerprint density at radius 1 is 0.472 bits per heavy atom.